The van der Waals surface area contributed by atoms with Gasteiger partial charge in [0.25, 0.3) is 5.91 Å². The summed E-state index contributed by atoms with van der Waals surface area (Å²) in [6.07, 6.45) is 0. The number of aryl methyl sites for hydroxylation is 1. The number of ether oxygens (including phenoxy) is 3. The molecule has 0 aliphatic carbocycles. The van der Waals surface area contributed by atoms with E-state index < -0.39 is 11.9 Å². The molecule has 25 heavy (non-hydrogen) atoms. The Kier molecular flexibility index (Phi) is 6.82. The zero-order chi connectivity index (χ0) is 18.2. The predicted molar refractivity (Wildman–Crippen MR) is 97.0 cm³/mol. The molecule has 0 aliphatic rings. The Morgan fingerprint density at radius 2 is 1.72 bits per heavy atom. The highest BCUT2D eigenvalue weighted by Gasteiger charge is 2.10. The molecule has 1 N–H and O–H groups in total. The molecular weight excluding hydrogens is 390 g/mol. The maximum atomic E-state index is 11.8. The lowest BCUT2D eigenvalue weighted by atomic mass is 10.2. The van der Waals surface area contributed by atoms with Crippen molar-refractivity contribution in [3.05, 3.63) is 52.5 Å². The van der Waals surface area contributed by atoms with Gasteiger partial charge in [0, 0.05) is 4.47 Å². The molecular formula is C18H18BrNO5. The smallest absolute Gasteiger partial charge is 0.344 e. The number of amides is 1. The monoisotopic (exact) mass is 407 g/mol. The number of hydrogen-bond donors (Lipinski definition) is 1. The molecule has 2 aromatic carbocycles. The van der Waals surface area contributed by atoms with Gasteiger partial charge in [0.15, 0.2) is 13.2 Å². The number of anilines is 1. The van der Waals surface area contributed by atoms with E-state index in [2.05, 4.69) is 21.2 Å². The van der Waals surface area contributed by atoms with Crippen molar-refractivity contribution in [1.82, 2.24) is 0 Å². The van der Waals surface area contributed by atoms with E-state index in [1.807, 2.05) is 19.1 Å². The second-order valence-electron chi connectivity index (χ2n) is 5.16. The van der Waals surface area contributed by atoms with Crippen molar-refractivity contribution in [2.24, 2.45) is 0 Å². The maximum Gasteiger partial charge on any atom is 0.344 e. The zero-order valence-electron chi connectivity index (χ0n) is 13.9. The number of carbonyl (C=O) groups excluding carboxylic acids is 2. The topological polar surface area (TPSA) is 73.9 Å². The van der Waals surface area contributed by atoms with Gasteiger partial charge in [0.2, 0.25) is 0 Å². The molecule has 0 saturated heterocycles. The summed E-state index contributed by atoms with van der Waals surface area (Å²) >= 11 is 3.37. The van der Waals surface area contributed by atoms with Crippen molar-refractivity contribution in [1.29, 1.82) is 0 Å². The average molecular weight is 408 g/mol. The number of halogens is 1. The summed E-state index contributed by atoms with van der Waals surface area (Å²) in [7, 11) is 1.56. The van der Waals surface area contributed by atoms with Crippen LogP contribution in [-0.2, 0) is 14.3 Å². The highest BCUT2D eigenvalue weighted by molar-refractivity contribution is 9.10. The van der Waals surface area contributed by atoms with Crippen LogP contribution in [0.4, 0.5) is 5.69 Å². The molecule has 132 valence electrons. The summed E-state index contributed by atoms with van der Waals surface area (Å²) in [4.78, 5) is 23.5. The van der Waals surface area contributed by atoms with Crippen LogP contribution in [0.15, 0.2) is 46.9 Å². The Bertz CT molecular complexity index is 746. The Morgan fingerprint density at radius 1 is 1.04 bits per heavy atom. The van der Waals surface area contributed by atoms with E-state index in [4.69, 9.17) is 14.2 Å². The van der Waals surface area contributed by atoms with Gasteiger partial charge < -0.3 is 19.5 Å². The fourth-order valence-corrected chi connectivity index (χ4v) is 2.50. The quantitative estimate of drug-likeness (QED) is 0.712. The van der Waals surface area contributed by atoms with Crippen molar-refractivity contribution in [2.75, 3.05) is 25.6 Å². The second kappa shape index (κ2) is 9.08. The van der Waals surface area contributed by atoms with Crippen LogP contribution in [0, 0.1) is 6.92 Å². The number of esters is 1. The van der Waals surface area contributed by atoms with E-state index >= 15 is 0 Å². The molecule has 0 aliphatic heterocycles. The molecule has 0 unspecified atom stereocenters. The van der Waals surface area contributed by atoms with Gasteiger partial charge in [-0.25, -0.2) is 4.79 Å². The highest BCUT2D eigenvalue weighted by Crippen LogP contribution is 2.23. The minimum absolute atomic E-state index is 0.284. The molecule has 2 rings (SSSR count). The fraction of sp³-hybridized carbons (Fsp3) is 0.222. The van der Waals surface area contributed by atoms with E-state index in [-0.39, 0.29) is 13.2 Å². The van der Waals surface area contributed by atoms with Crippen molar-refractivity contribution >= 4 is 33.5 Å². The molecule has 0 bridgehead atoms. The van der Waals surface area contributed by atoms with E-state index in [1.165, 1.54) is 0 Å². The largest absolute Gasteiger partial charge is 0.497 e. The molecule has 0 saturated carbocycles. The summed E-state index contributed by atoms with van der Waals surface area (Å²) in [6.45, 7) is 1.28. The average Bonchev–Trinajstić information content (AvgIpc) is 2.61. The minimum Gasteiger partial charge on any atom is -0.497 e. The van der Waals surface area contributed by atoms with Crippen LogP contribution in [0.3, 0.4) is 0 Å². The first-order chi connectivity index (χ1) is 12.0. The minimum atomic E-state index is -0.631. The standard InChI is InChI=1S/C18H18BrNO5/c1-12-3-8-16(15(19)9-12)20-17(21)10-25-18(22)11-24-14-6-4-13(23-2)5-7-14/h3-9H,10-11H2,1-2H3,(H,20,21). The normalized spacial score (nSPS) is 10.0. The summed E-state index contributed by atoms with van der Waals surface area (Å²) in [5, 5.41) is 2.66. The number of carbonyl (C=O) groups is 2. The Hall–Kier alpha value is -2.54. The third kappa shape index (κ3) is 6.11. The van der Waals surface area contributed by atoms with Crippen LogP contribution >= 0.6 is 15.9 Å². The molecule has 0 radical (unpaired) electrons. The van der Waals surface area contributed by atoms with Gasteiger partial charge in [-0.15, -0.1) is 0 Å². The van der Waals surface area contributed by atoms with E-state index in [9.17, 15) is 9.59 Å². The molecule has 0 fully saturated rings. The number of rotatable bonds is 7. The van der Waals surface area contributed by atoms with Gasteiger partial charge >= 0.3 is 5.97 Å². The lowest BCUT2D eigenvalue weighted by Gasteiger charge is -2.09. The van der Waals surface area contributed by atoms with E-state index in [1.54, 1.807) is 37.4 Å². The predicted octanol–water partition coefficient (Wildman–Crippen LogP) is 3.33. The van der Waals surface area contributed by atoms with Gasteiger partial charge in [0.05, 0.1) is 12.8 Å². The zero-order valence-corrected chi connectivity index (χ0v) is 15.5. The SMILES string of the molecule is COc1ccc(OCC(=O)OCC(=O)Nc2ccc(C)cc2Br)cc1. The lowest BCUT2D eigenvalue weighted by molar-refractivity contribution is -0.149. The second-order valence-corrected chi connectivity index (χ2v) is 6.01. The number of nitrogens with one attached hydrogen (secondary N) is 1. The van der Waals surface area contributed by atoms with Crippen LogP contribution in [0.25, 0.3) is 0 Å². The molecule has 0 heterocycles. The van der Waals surface area contributed by atoms with Crippen LogP contribution in [0.2, 0.25) is 0 Å². The van der Waals surface area contributed by atoms with Crippen LogP contribution in [0.5, 0.6) is 11.5 Å². The Labute approximate surface area is 154 Å². The maximum absolute atomic E-state index is 11.8. The first kappa shape index (κ1) is 18.8. The van der Waals surface area contributed by atoms with Gasteiger partial charge in [0.1, 0.15) is 11.5 Å². The van der Waals surface area contributed by atoms with E-state index in [0.29, 0.717) is 17.2 Å². The number of hydrogen-bond acceptors (Lipinski definition) is 5. The van der Waals surface area contributed by atoms with Crippen LogP contribution < -0.4 is 14.8 Å². The van der Waals surface area contributed by atoms with Gasteiger partial charge in [-0.3, -0.25) is 4.79 Å². The molecule has 0 spiro atoms. The third-order valence-corrected chi connectivity index (χ3v) is 3.84. The lowest BCUT2D eigenvalue weighted by Crippen LogP contribution is -2.23. The van der Waals surface area contributed by atoms with Gasteiger partial charge in [-0.2, -0.15) is 0 Å². The van der Waals surface area contributed by atoms with Crippen molar-refractivity contribution < 1.29 is 23.8 Å². The van der Waals surface area contributed by atoms with Crippen LogP contribution in [0.1, 0.15) is 5.56 Å². The number of methoxy groups -OCH3 is 1. The molecule has 1 amide bonds. The third-order valence-electron chi connectivity index (χ3n) is 3.18. The van der Waals surface area contributed by atoms with Crippen molar-refractivity contribution in [3.63, 3.8) is 0 Å². The summed E-state index contributed by atoms with van der Waals surface area (Å²) in [5.74, 6) is 0.135. The fourth-order valence-electron chi connectivity index (χ4n) is 1.91. The first-order valence-electron chi connectivity index (χ1n) is 7.46. The Balaban J connectivity index is 1.74. The highest BCUT2D eigenvalue weighted by atomic mass is 79.9. The summed E-state index contributed by atoms with van der Waals surface area (Å²) in [6, 6.07) is 12.3. The number of benzene rings is 2. The first-order valence-corrected chi connectivity index (χ1v) is 8.25. The molecule has 2 aromatic rings. The molecule has 0 atom stereocenters. The summed E-state index contributed by atoms with van der Waals surface area (Å²) in [5.41, 5.74) is 1.67. The molecule has 7 heteroatoms. The summed E-state index contributed by atoms with van der Waals surface area (Å²) < 4.78 is 16.0. The molecule has 6 nitrogen and oxygen atoms in total. The molecule has 0 aromatic heterocycles. The van der Waals surface area contributed by atoms with Crippen molar-refractivity contribution in [3.8, 4) is 11.5 Å². The van der Waals surface area contributed by atoms with E-state index in [0.717, 1.165) is 10.0 Å². The van der Waals surface area contributed by atoms with Gasteiger partial charge in [-0.05, 0) is 64.8 Å². The Morgan fingerprint density at radius 3 is 2.36 bits per heavy atom. The van der Waals surface area contributed by atoms with Crippen molar-refractivity contribution in [2.45, 2.75) is 6.92 Å². The van der Waals surface area contributed by atoms with Gasteiger partial charge in [-0.1, -0.05) is 6.07 Å². The van der Waals surface area contributed by atoms with Crippen LogP contribution in [-0.4, -0.2) is 32.2 Å².